The molecule has 0 spiro atoms. The quantitative estimate of drug-likeness (QED) is 0.916. The molecule has 1 heterocycles. The number of benzene rings is 2. The van der Waals surface area contributed by atoms with E-state index in [4.69, 9.17) is 16.3 Å². The van der Waals surface area contributed by atoms with Gasteiger partial charge in [0.1, 0.15) is 5.75 Å². The molecule has 21 heavy (non-hydrogen) atoms. The lowest BCUT2D eigenvalue weighted by atomic mass is 9.91. The summed E-state index contributed by atoms with van der Waals surface area (Å²) in [5, 5.41) is 11.5. The predicted molar refractivity (Wildman–Crippen MR) is 83.0 cm³/mol. The number of halogens is 1. The summed E-state index contributed by atoms with van der Waals surface area (Å²) in [6.45, 7) is 0.681. The second-order valence-corrected chi connectivity index (χ2v) is 6.40. The van der Waals surface area contributed by atoms with Gasteiger partial charge in [-0.25, -0.2) is 0 Å². The van der Waals surface area contributed by atoms with Crippen molar-refractivity contribution in [2.45, 2.75) is 25.4 Å². The van der Waals surface area contributed by atoms with E-state index in [0.717, 1.165) is 36.1 Å². The SMILES string of the molecule is OC(c1cc(Cl)cc2c1OCC2)C1Cc2ccccc2C1. The summed E-state index contributed by atoms with van der Waals surface area (Å²) in [7, 11) is 0. The fraction of sp³-hybridized carbons (Fsp3) is 0.333. The van der Waals surface area contributed by atoms with E-state index in [-0.39, 0.29) is 5.92 Å². The molecule has 2 aliphatic rings. The largest absolute Gasteiger partial charge is 0.493 e. The molecule has 1 unspecified atom stereocenters. The van der Waals surface area contributed by atoms with Crippen molar-refractivity contribution < 1.29 is 9.84 Å². The van der Waals surface area contributed by atoms with E-state index in [1.165, 1.54) is 11.1 Å². The Labute approximate surface area is 129 Å². The number of rotatable bonds is 2. The van der Waals surface area contributed by atoms with E-state index in [0.29, 0.717) is 11.6 Å². The summed E-state index contributed by atoms with van der Waals surface area (Å²) in [5.41, 5.74) is 4.67. The molecule has 1 aliphatic heterocycles. The van der Waals surface area contributed by atoms with Crippen LogP contribution in [0, 0.1) is 5.92 Å². The summed E-state index contributed by atoms with van der Waals surface area (Å²) in [6, 6.07) is 12.2. The van der Waals surface area contributed by atoms with Crippen LogP contribution in [0.2, 0.25) is 5.02 Å². The van der Waals surface area contributed by atoms with Crippen molar-refractivity contribution in [1.29, 1.82) is 0 Å². The van der Waals surface area contributed by atoms with Crippen molar-refractivity contribution in [2.75, 3.05) is 6.61 Å². The van der Waals surface area contributed by atoms with Crippen molar-refractivity contribution in [3.05, 3.63) is 63.7 Å². The highest BCUT2D eigenvalue weighted by Crippen LogP contribution is 2.42. The molecule has 0 radical (unpaired) electrons. The maximum atomic E-state index is 10.8. The Morgan fingerprint density at radius 1 is 1.10 bits per heavy atom. The number of ether oxygens (including phenoxy) is 1. The first-order valence-electron chi connectivity index (χ1n) is 7.42. The van der Waals surface area contributed by atoms with E-state index in [1.54, 1.807) is 0 Å². The third-order valence-corrected chi connectivity index (χ3v) is 4.84. The van der Waals surface area contributed by atoms with E-state index in [1.807, 2.05) is 12.1 Å². The zero-order valence-corrected chi connectivity index (χ0v) is 12.4. The molecule has 0 bridgehead atoms. The first kappa shape index (κ1) is 13.2. The molecule has 2 aromatic carbocycles. The van der Waals surface area contributed by atoms with Crippen LogP contribution in [0.15, 0.2) is 36.4 Å². The fourth-order valence-electron chi connectivity index (χ4n) is 3.59. The molecule has 1 aliphatic carbocycles. The van der Waals surface area contributed by atoms with Gasteiger partial charge in [-0.1, -0.05) is 35.9 Å². The molecule has 0 saturated carbocycles. The third-order valence-electron chi connectivity index (χ3n) is 4.62. The summed E-state index contributed by atoms with van der Waals surface area (Å²) in [5.74, 6) is 1.05. The summed E-state index contributed by atoms with van der Waals surface area (Å²) < 4.78 is 5.72. The Bertz CT molecular complexity index is 671. The minimum atomic E-state index is -0.525. The second-order valence-electron chi connectivity index (χ2n) is 5.96. The summed E-state index contributed by atoms with van der Waals surface area (Å²) in [6.07, 6.45) is 2.18. The Hall–Kier alpha value is -1.51. The van der Waals surface area contributed by atoms with E-state index in [9.17, 15) is 5.11 Å². The maximum absolute atomic E-state index is 10.8. The fourth-order valence-corrected chi connectivity index (χ4v) is 3.84. The van der Waals surface area contributed by atoms with Crippen molar-refractivity contribution in [3.63, 3.8) is 0 Å². The van der Waals surface area contributed by atoms with Gasteiger partial charge in [-0.15, -0.1) is 0 Å². The minimum absolute atomic E-state index is 0.203. The van der Waals surface area contributed by atoms with Gasteiger partial charge in [0, 0.05) is 17.0 Å². The molecule has 1 N–H and O–H groups in total. The molecule has 3 heteroatoms. The average Bonchev–Trinajstić information content (AvgIpc) is 3.11. The van der Waals surface area contributed by atoms with Crippen LogP contribution in [0.5, 0.6) is 5.75 Å². The van der Waals surface area contributed by atoms with Crippen molar-refractivity contribution in [2.24, 2.45) is 5.92 Å². The van der Waals surface area contributed by atoms with Crippen molar-refractivity contribution in [1.82, 2.24) is 0 Å². The van der Waals surface area contributed by atoms with Crippen LogP contribution in [0.25, 0.3) is 0 Å². The zero-order chi connectivity index (χ0) is 14.4. The van der Waals surface area contributed by atoms with Crippen LogP contribution in [-0.2, 0) is 19.3 Å². The Kier molecular flexibility index (Phi) is 3.16. The van der Waals surface area contributed by atoms with Crippen LogP contribution >= 0.6 is 11.6 Å². The predicted octanol–water partition coefficient (Wildman–Crippen LogP) is 3.72. The van der Waals surface area contributed by atoms with Crippen LogP contribution in [0.4, 0.5) is 0 Å². The van der Waals surface area contributed by atoms with Gasteiger partial charge in [-0.2, -0.15) is 0 Å². The second kappa shape index (κ2) is 5.04. The number of aliphatic hydroxyl groups is 1. The average molecular weight is 301 g/mol. The molecule has 0 amide bonds. The Morgan fingerprint density at radius 2 is 1.81 bits per heavy atom. The number of fused-ring (bicyclic) bond motifs is 2. The monoisotopic (exact) mass is 300 g/mol. The lowest BCUT2D eigenvalue weighted by Gasteiger charge is -2.20. The highest BCUT2D eigenvalue weighted by Gasteiger charge is 2.31. The van der Waals surface area contributed by atoms with Crippen molar-refractivity contribution in [3.8, 4) is 5.75 Å². The molecular formula is C18H17ClO2. The number of hydrogen-bond acceptors (Lipinski definition) is 2. The standard InChI is InChI=1S/C18H17ClO2/c19-15-9-13-5-6-21-18(13)16(10-15)17(20)14-7-11-3-1-2-4-12(11)8-14/h1-4,9-10,14,17,20H,5-8H2. The lowest BCUT2D eigenvalue weighted by molar-refractivity contribution is 0.110. The van der Waals surface area contributed by atoms with Gasteiger partial charge in [-0.05, 0) is 47.6 Å². The van der Waals surface area contributed by atoms with Gasteiger partial charge < -0.3 is 9.84 Å². The molecule has 2 nitrogen and oxygen atoms in total. The highest BCUT2D eigenvalue weighted by molar-refractivity contribution is 6.30. The summed E-state index contributed by atoms with van der Waals surface area (Å²) >= 11 is 6.20. The van der Waals surface area contributed by atoms with Crippen molar-refractivity contribution >= 4 is 11.6 Å². The van der Waals surface area contributed by atoms with Gasteiger partial charge in [0.05, 0.1) is 12.7 Å². The summed E-state index contributed by atoms with van der Waals surface area (Å²) in [4.78, 5) is 0. The van der Waals surface area contributed by atoms with Crippen LogP contribution in [0.3, 0.4) is 0 Å². The Balaban J connectivity index is 1.67. The van der Waals surface area contributed by atoms with Crippen LogP contribution in [-0.4, -0.2) is 11.7 Å². The first-order chi connectivity index (χ1) is 10.2. The minimum Gasteiger partial charge on any atom is -0.493 e. The number of hydrogen-bond donors (Lipinski definition) is 1. The van der Waals surface area contributed by atoms with Gasteiger partial charge in [0.2, 0.25) is 0 Å². The molecule has 108 valence electrons. The van der Waals surface area contributed by atoms with E-state index >= 15 is 0 Å². The van der Waals surface area contributed by atoms with E-state index < -0.39 is 6.10 Å². The van der Waals surface area contributed by atoms with Gasteiger partial charge in [0.25, 0.3) is 0 Å². The molecule has 2 aromatic rings. The third kappa shape index (κ3) is 2.23. The molecular weight excluding hydrogens is 284 g/mol. The highest BCUT2D eigenvalue weighted by atomic mass is 35.5. The lowest BCUT2D eigenvalue weighted by Crippen LogP contribution is -2.14. The van der Waals surface area contributed by atoms with Crippen LogP contribution in [0.1, 0.15) is 28.4 Å². The van der Waals surface area contributed by atoms with E-state index in [2.05, 4.69) is 24.3 Å². The van der Waals surface area contributed by atoms with Gasteiger partial charge in [-0.3, -0.25) is 0 Å². The Morgan fingerprint density at radius 3 is 2.52 bits per heavy atom. The topological polar surface area (TPSA) is 29.5 Å². The molecule has 0 fully saturated rings. The molecule has 1 atom stereocenters. The van der Waals surface area contributed by atoms with Gasteiger partial charge >= 0.3 is 0 Å². The number of aliphatic hydroxyl groups excluding tert-OH is 1. The van der Waals surface area contributed by atoms with Crippen LogP contribution < -0.4 is 4.74 Å². The molecule has 4 rings (SSSR count). The zero-order valence-electron chi connectivity index (χ0n) is 11.7. The normalized spacial score (nSPS) is 18.2. The maximum Gasteiger partial charge on any atom is 0.128 e. The first-order valence-corrected chi connectivity index (χ1v) is 7.80. The van der Waals surface area contributed by atoms with Gasteiger partial charge in [0.15, 0.2) is 0 Å². The smallest absolute Gasteiger partial charge is 0.128 e. The molecule has 0 saturated heterocycles. The molecule has 0 aromatic heterocycles.